The number of hydrogen-bond donors (Lipinski definition) is 2. The molecule has 23 heavy (non-hydrogen) atoms. The van der Waals surface area contributed by atoms with E-state index in [-0.39, 0.29) is 30.9 Å². The van der Waals surface area contributed by atoms with Crippen molar-refractivity contribution >= 4 is 29.3 Å². The molecular formula is C17H27N3O2S. The van der Waals surface area contributed by atoms with E-state index in [0.29, 0.717) is 5.92 Å². The van der Waals surface area contributed by atoms with Crippen LogP contribution in [0.25, 0.3) is 0 Å². The third-order valence-corrected chi connectivity index (χ3v) is 4.39. The second-order valence-corrected chi connectivity index (χ2v) is 6.87. The van der Waals surface area contributed by atoms with Crippen molar-refractivity contribution in [2.75, 3.05) is 31.7 Å². The van der Waals surface area contributed by atoms with Gasteiger partial charge in [-0.05, 0) is 38.3 Å². The molecule has 1 aromatic carbocycles. The zero-order chi connectivity index (χ0) is 17.4. The highest BCUT2D eigenvalue weighted by Gasteiger charge is 2.15. The first-order valence-electron chi connectivity index (χ1n) is 7.74. The van der Waals surface area contributed by atoms with E-state index in [1.54, 1.807) is 23.7 Å². The molecular weight excluding hydrogens is 310 g/mol. The summed E-state index contributed by atoms with van der Waals surface area (Å²) in [5.74, 6) is 0.195. The molecule has 1 rings (SSSR count). The van der Waals surface area contributed by atoms with Gasteiger partial charge < -0.3 is 10.6 Å². The van der Waals surface area contributed by atoms with Gasteiger partial charge in [0.1, 0.15) is 0 Å². The molecule has 0 spiro atoms. The molecule has 0 bridgehead atoms. The van der Waals surface area contributed by atoms with Crippen molar-refractivity contribution in [3.8, 4) is 0 Å². The number of likely N-dealkylation sites (N-methyl/N-ethyl adjacent to an activating group) is 1. The highest BCUT2D eigenvalue weighted by molar-refractivity contribution is 7.98. The van der Waals surface area contributed by atoms with E-state index in [2.05, 4.69) is 24.5 Å². The Kier molecular flexibility index (Phi) is 8.12. The van der Waals surface area contributed by atoms with E-state index in [4.69, 9.17) is 0 Å². The van der Waals surface area contributed by atoms with Gasteiger partial charge in [-0.2, -0.15) is 0 Å². The molecule has 0 saturated carbocycles. The summed E-state index contributed by atoms with van der Waals surface area (Å²) in [6.07, 6.45) is 1.97. The Balaban J connectivity index is 2.46. The smallest absolute Gasteiger partial charge is 0.238 e. The van der Waals surface area contributed by atoms with E-state index in [1.807, 2.05) is 37.4 Å². The Hall–Kier alpha value is -1.53. The van der Waals surface area contributed by atoms with Crippen molar-refractivity contribution < 1.29 is 9.59 Å². The number of hydrogen-bond acceptors (Lipinski definition) is 4. The van der Waals surface area contributed by atoms with Gasteiger partial charge in [0.25, 0.3) is 0 Å². The second kappa shape index (κ2) is 9.57. The zero-order valence-corrected chi connectivity index (χ0v) is 15.4. The number of para-hydroxylation sites is 1. The molecule has 5 nitrogen and oxygen atoms in total. The average molecular weight is 337 g/mol. The number of anilines is 1. The van der Waals surface area contributed by atoms with Gasteiger partial charge in [0.15, 0.2) is 0 Å². The Bertz CT molecular complexity index is 534. The first kappa shape index (κ1) is 19.5. The second-order valence-electron chi connectivity index (χ2n) is 6.02. The lowest BCUT2D eigenvalue weighted by molar-refractivity contribution is -0.123. The van der Waals surface area contributed by atoms with Crippen LogP contribution < -0.4 is 10.6 Å². The van der Waals surface area contributed by atoms with E-state index in [9.17, 15) is 9.59 Å². The molecule has 0 unspecified atom stereocenters. The fraction of sp³-hybridized carbons (Fsp3) is 0.529. The lowest BCUT2D eigenvalue weighted by Gasteiger charge is -2.20. The monoisotopic (exact) mass is 337 g/mol. The first-order chi connectivity index (χ1) is 10.8. The Labute approximate surface area is 143 Å². The summed E-state index contributed by atoms with van der Waals surface area (Å²) >= 11 is 1.58. The maximum absolute atomic E-state index is 12.1. The number of nitrogens with one attached hydrogen (secondary N) is 2. The topological polar surface area (TPSA) is 61.4 Å². The fourth-order valence-corrected chi connectivity index (χ4v) is 2.50. The summed E-state index contributed by atoms with van der Waals surface area (Å²) < 4.78 is 0. The molecule has 0 aromatic heterocycles. The van der Waals surface area contributed by atoms with Gasteiger partial charge >= 0.3 is 0 Å². The zero-order valence-electron chi connectivity index (χ0n) is 14.6. The summed E-state index contributed by atoms with van der Waals surface area (Å²) in [5, 5.41) is 5.83. The van der Waals surface area contributed by atoms with Gasteiger partial charge in [-0.15, -0.1) is 11.8 Å². The van der Waals surface area contributed by atoms with Crippen LogP contribution in [0, 0.1) is 5.92 Å². The van der Waals surface area contributed by atoms with Gasteiger partial charge in [-0.25, -0.2) is 0 Å². The molecule has 6 heteroatoms. The minimum Gasteiger partial charge on any atom is -0.352 e. The van der Waals surface area contributed by atoms with Crippen LogP contribution >= 0.6 is 11.8 Å². The summed E-state index contributed by atoms with van der Waals surface area (Å²) in [6, 6.07) is 7.79. The van der Waals surface area contributed by atoms with Gasteiger partial charge in [0.2, 0.25) is 11.8 Å². The van der Waals surface area contributed by atoms with Gasteiger partial charge in [0.05, 0.1) is 18.8 Å². The van der Waals surface area contributed by atoms with Crippen LogP contribution in [0.4, 0.5) is 5.69 Å². The number of rotatable bonds is 8. The van der Waals surface area contributed by atoms with E-state index >= 15 is 0 Å². The lowest BCUT2D eigenvalue weighted by atomic mass is 10.1. The quantitative estimate of drug-likeness (QED) is 0.715. The molecule has 2 amide bonds. The molecule has 0 saturated heterocycles. The SMILES string of the molecule is CSc1ccccc1NC(=O)CN(C)CC(=O)N[C@@H](C)C(C)C. The number of nitrogens with zero attached hydrogens (tertiary/aromatic N) is 1. The van der Waals surface area contributed by atoms with Crippen molar-refractivity contribution in [2.24, 2.45) is 5.92 Å². The van der Waals surface area contributed by atoms with Gasteiger partial charge in [-0.3, -0.25) is 14.5 Å². The van der Waals surface area contributed by atoms with Crippen molar-refractivity contribution in [2.45, 2.75) is 31.7 Å². The predicted molar refractivity (Wildman–Crippen MR) is 96.8 cm³/mol. The highest BCUT2D eigenvalue weighted by atomic mass is 32.2. The lowest BCUT2D eigenvalue weighted by Crippen LogP contribution is -2.43. The van der Waals surface area contributed by atoms with Crippen molar-refractivity contribution in [3.63, 3.8) is 0 Å². The average Bonchev–Trinajstić information content (AvgIpc) is 2.46. The Morgan fingerprint density at radius 1 is 1.13 bits per heavy atom. The van der Waals surface area contributed by atoms with Crippen LogP contribution in [-0.2, 0) is 9.59 Å². The van der Waals surface area contributed by atoms with Crippen LogP contribution in [0.3, 0.4) is 0 Å². The summed E-state index contributed by atoms with van der Waals surface area (Å²) in [6.45, 7) is 6.48. The Morgan fingerprint density at radius 2 is 1.74 bits per heavy atom. The van der Waals surface area contributed by atoms with E-state index in [0.717, 1.165) is 10.6 Å². The Morgan fingerprint density at radius 3 is 2.35 bits per heavy atom. The maximum atomic E-state index is 12.1. The molecule has 0 aliphatic rings. The third-order valence-electron chi connectivity index (χ3n) is 3.60. The van der Waals surface area contributed by atoms with Crippen LogP contribution in [0.2, 0.25) is 0 Å². The molecule has 0 heterocycles. The fourth-order valence-electron chi connectivity index (χ4n) is 1.95. The largest absolute Gasteiger partial charge is 0.352 e. The highest BCUT2D eigenvalue weighted by Crippen LogP contribution is 2.24. The summed E-state index contributed by atoms with van der Waals surface area (Å²) in [7, 11) is 1.76. The van der Waals surface area contributed by atoms with Gasteiger partial charge in [-0.1, -0.05) is 26.0 Å². The minimum atomic E-state index is -0.126. The third kappa shape index (κ3) is 7.05. The number of carbonyl (C=O) groups excluding carboxylic acids is 2. The molecule has 1 aromatic rings. The standard InChI is InChI=1S/C17H27N3O2S/c1-12(2)13(3)18-16(21)10-20(4)11-17(22)19-14-8-6-7-9-15(14)23-5/h6-9,12-13H,10-11H2,1-5H3,(H,18,21)(H,19,22)/t13-/m0/s1. The van der Waals surface area contributed by atoms with Crippen LogP contribution in [0.1, 0.15) is 20.8 Å². The predicted octanol–water partition coefficient (Wildman–Crippen LogP) is 2.44. The molecule has 128 valence electrons. The first-order valence-corrected chi connectivity index (χ1v) is 8.96. The number of thioether (sulfide) groups is 1. The molecule has 0 radical (unpaired) electrons. The van der Waals surface area contributed by atoms with Crippen LogP contribution in [0.5, 0.6) is 0 Å². The number of carbonyl (C=O) groups is 2. The number of benzene rings is 1. The van der Waals surface area contributed by atoms with E-state index < -0.39 is 0 Å². The van der Waals surface area contributed by atoms with Crippen LogP contribution in [0.15, 0.2) is 29.2 Å². The van der Waals surface area contributed by atoms with Crippen LogP contribution in [-0.4, -0.2) is 49.1 Å². The summed E-state index contributed by atoms with van der Waals surface area (Å²) in [4.78, 5) is 26.8. The van der Waals surface area contributed by atoms with Crippen molar-refractivity contribution in [1.82, 2.24) is 10.2 Å². The van der Waals surface area contributed by atoms with Crippen molar-refractivity contribution in [3.05, 3.63) is 24.3 Å². The molecule has 0 aliphatic heterocycles. The normalized spacial score (nSPS) is 12.3. The molecule has 0 aliphatic carbocycles. The summed E-state index contributed by atoms with van der Waals surface area (Å²) in [5.41, 5.74) is 0.802. The number of amides is 2. The van der Waals surface area contributed by atoms with Gasteiger partial charge in [0, 0.05) is 10.9 Å². The minimum absolute atomic E-state index is 0.0639. The molecule has 1 atom stereocenters. The van der Waals surface area contributed by atoms with E-state index in [1.165, 1.54) is 0 Å². The van der Waals surface area contributed by atoms with Crippen molar-refractivity contribution in [1.29, 1.82) is 0 Å². The maximum Gasteiger partial charge on any atom is 0.238 e. The molecule has 0 fully saturated rings. The molecule has 2 N–H and O–H groups in total.